The van der Waals surface area contributed by atoms with Gasteiger partial charge in [-0.2, -0.15) is 32.3 Å². The number of amides is 1. The minimum absolute atomic E-state index is 0.0604. The average molecular weight is 521 g/mol. The number of hydrogen-bond acceptors (Lipinski definition) is 7. The number of carbonyl (C=O) groups excluding carboxylic acids is 1. The molecule has 0 bridgehead atoms. The first-order valence-corrected chi connectivity index (χ1v) is 10.9. The Bertz CT molecular complexity index is 1320. The lowest BCUT2D eigenvalue weighted by molar-refractivity contribution is -0.298. The molecule has 4 heterocycles. The van der Waals surface area contributed by atoms with Gasteiger partial charge in [0.05, 0.1) is 34.5 Å². The number of aryl methyl sites for hydroxylation is 1. The van der Waals surface area contributed by atoms with Crippen molar-refractivity contribution >= 4 is 11.7 Å². The summed E-state index contributed by atoms with van der Waals surface area (Å²) in [4.78, 5) is 22.3. The highest BCUT2D eigenvalue weighted by molar-refractivity contribution is 5.98. The molecule has 4 rings (SSSR count). The fourth-order valence-corrected chi connectivity index (χ4v) is 3.92. The second-order valence-corrected chi connectivity index (χ2v) is 8.38. The zero-order chi connectivity index (χ0) is 27.0. The van der Waals surface area contributed by atoms with Gasteiger partial charge >= 0.3 is 12.3 Å². The quantitative estimate of drug-likeness (QED) is 0.510. The van der Waals surface area contributed by atoms with E-state index in [1.54, 1.807) is 7.05 Å². The van der Waals surface area contributed by atoms with Crippen LogP contribution in [0.3, 0.4) is 0 Å². The summed E-state index contributed by atoms with van der Waals surface area (Å²) in [7, 11) is 1.55. The Balaban J connectivity index is 1.61. The number of halogens is 5. The third kappa shape index (κ3) is 5.67. The molecule has 1 aliphatic rings. The van der Waals surface area contributed by atoms with Gasteiger partial charge in [0.25, 0.3) is 5.91 Å². The second kappa shape index (κ2) is 9.74. The van der Waals surface area contributed by atoms with Gasteiger partial charge in [0.15, 0.2) is 5.69 Å². The lowest BCUT2D eigenvalue weighted by atomic mass is 10.1. The van der Waals surface area contributed by atoms with Crippen molar-refractivity contribution in [3.8, 4) is 17.3 Å². The van der Waals surface area contributed by atoms with Gasteiger partial charge in [-0.25, -0.2) is 4.98 Å². The summed E-state index contributed by atoms with van der Waals surface area (Å²) < 4.78 is 73.3. The molecule has 9 nitrogen and oxygen atoms in total. The summed E-state index contributed by atoms with van der Waals surface area (Å²) in [5.74, 6) is -0.756. The summed E-state index contributed by atoms with van der Waals surface area (Å²) in [6.07, 6.45) is -5.88. The number of pyridine rings is 2. The number of anilines is 1. The number of morpholine rings is 1. The molecule has 2 atom stereocenters. The summed E-state index contributed by atoms with van der Waals surface area (Å²) in [5.41, 5.74) is -0.196. The fraction of sp³-hybridized carbons (Fsp3) is 0.348. The van der Waals surface area contributed by atoms with E-state index in [0.29, 0.717) is 17.5 Å². The van der Waals surface area contributed by atoms with Crippen LogP contribution >= 0.6 is 0 Å². The Kier molecular flexibility index (Phi) is 6.83. The van der Waals surface area contributed by atoms with E-state index in [4.69, 9.17) is 10.00 Å². The Morgan fingerprint density at radius 3 is 2.59 bits per heavy atom. The highest BCUT2D eigenvalue weighted by Crippen LogP contribution is 2.32. The fourth-order valence-electron chi connectivity index (χ4n) is 3.92. The second-order valence-electron chi connectivity index (χ2n) is 8.38. The van der Waals surface area contributed by atoms with E-state index >= 15 is 0 Å². The number of ether oxygens (including phenoxy) is 1. The summed E-state index contributed by atoms with van der Waals surface area (Å²) in [6.45, 7) is 0.153. The number of nitrogens with zero attached hydrogens (tertiary/aromatic N) is 6. The molecule has 3 aromatic rings. The Hall–Kier alpha value is -4.12. The SMILES string of the molecule is C[C@@H]1OC(F)(F)CN(C(=O)c2nn(C)cc2-c2ccc(C#N)cn2)[C@@H]1CNc1ccc(C(F)(F)F)cn1. The minimum Gasteiger partial charge on any atom is -0.368 e. The van der Waals surface area contributed by atoms with E-state index < -0.39 is 42.4 Å². The van der Waals surface area contributed by atoms with Crippen LogP contribution in [0.1, 0.15) is 28.5 Å². The smallest absolute Gasteiger partial charge is 0.368 e. The van der Waals surface area contributed by atoms with Crippen molar-refractivity contribution in [2.45, 2.75) is 31.4 Å². The van der Waals surface area contributed by atoms with Crippen LogP contribution in [0.2, 0.25) is 0 Å². The molecule has 0 spiro atoms. The van der Waals surface area contributed by atoms with E-state index in [9.17, 15) is 26.7 Å². The highest BCUT2D eigenvalue weighted by atomic mass is 19.4. The molecule has 3 aromatic heterocycles. The third-order valence-corrected chi connectivity index (χ3v) is 5.70. The van der Waals surface area contributed by atoms with Crippen molar-refractivity contribution in [3.63, 3.8) is 0 Å². The molecule has 0 unspecified atom stereocenters. The first kappa shape index (κ1) is 26.0. The largest absolute Gasteiger partial charge is 0.417 e. The van der Waals surface area contributed by atoms with Crippen LogP contribution in [-0.2, 0) is 18.0 Å². The first-order valence-electron chi connectivity index (χ1n) is 10.9. The highest BCUT2D eigenvalue weighted by Gasteiger charge is 2.48. The Labute approximate surface area is 207 Å². The van der Waals surface area contributed by atoms with Crippen molar-refractivity contribution in [2.24, 2.45) is 7.05 Å². The number of nitrogens with one attached hydrogen (secondary N) is 1. The molecular weight excluding hydrogens is 501 g/mol. The van der Waals surface area contributed by atoms with Gasteiger partial charge in [-0.3, -0.25) is 14.5 Å². The van der Waals surface area contributed by atoms with Gasteiger partial charge in [-0.1, -0.05) is 0 Å². The third-order valence-electron chi connectivity index (χ3n) is 5.70. The molecule has 1 N–H and O–H groups in total. The van der Waals surface area contributed by atoms with Crippen LogP contribution in [0.15, 0.2) is 42.9 Å². The molecule has 194 valence electrons. The monoisotopic (exact) mass is 521 g/mol. The van der Waals surface area contributed by atoms with Crippen LogP contribution in [0.5, 0.6) is 0 Å². The predicted molar refractivity (Wildman–Crippen MR) is 119 cm³/mol. The number of carbonyl (C=O) groups is 1. The standard InChI is InChI=1S/C23H20F5N7O2/c1-13-18(10-32-19-6-4-15(9-31-19)23(26,27)28)35(12-22(24,25)37-13)21(36)20-16(11-34(2)33-20)17-5-3-14(7-29)8-30-17/h3-6,8-9,11,13,18H,10,12H2,1-2H3,(H,31,32)/t13-,18+/m0/s1. The van der Waals surface area contributed by atoms with Crippen molar-refractivity contribution in [2.75, 3.05) is 18.4 Å². The van der Waals surface area contributed by atoms with Crippen LogP contribution in [0, 0.1) is 11.3 Å². The number of nitriles is 1. The number of alkyl halides is 5. The molecule has 0 radical (unpaired) electrons. The molecule has 1 saturated heterocycles. The van der Waals surface area contributed by atoms with Crippen molar-refractivity contribution in [1.29, 1.82) is 5.26 Å². The zero-order valence-electron chi connectivity index (χ0n) is 19.5. The maximum absolute atomic E-state index is 14.4. The molecule has 1 aliphatic heterocycles. The number of aromatic nitrogens is 4. The molecule has 1 amide bonds. The van der Waals surface area contributed by atoms with Crippen molar-refractivity contribution in [3.05, 3.63) is 59.7 Å². The summed E-state index contributed by atoms with van der Waals surface area (Å²) in [5, 5.41) is 15.9. The van der Waals surface area contributed by atoms with Crippen LogP contribution in [0.4, 0.5) is 27.8 Å². The summed E-state index contributed by atoms with van der Waals surface area (Å²) in [6, 6.07) is 5.93. The lowest BCUT2D eigenvalue weighted by Gasteiger charge is -2.43. The van der Waals surface area contributed by atoms with Crippen LogP contribution in [0.25, 0.3) is 11.3 Å². The first-order chi connectivity index (χ1) is 17.4. The average Bonchev–Trinajstić information content (AvgIpc) is 3.23. The minimum atomic E-state index is -4.56. The zero-order valence-corrected chi connectivity index (χ0v) is 19.5. The van der Waals surface area contributed by atoms with E-state index in [1.165, 1.54) is 36.1 Å². The Morgan fingerprint density at radius 2 is 2.00 bits per heavy atom. The summed E-state index contributed by atoms with van der Waals surface area (Å²) >= 11 is 0. The molecule has 0 aliphatic carbocycles. The molecule has 1 fully saturated rings. The van der Waals surface area contributed by atoms with E-state index in [2.05, 4.69) is 20.4 Å². The van der Waals surface area contributed by atoms with E-state index in [0.717, 1.165) is 17.0 Å². The maximum Gasteiger partial charge on any atom is 0.417 e. The van der Waals surface area contributed by atoms with Crippen molar-refractivity contribution in [1.82, 2.24) is 24.6 Å². The van der Waals surface area contributed by atoms with Crippen LogP contribution < -0.4 is 5.32 Å². The van der Waals surface area contributed by atoms with Gasteiger partial charge in [-0.15, -0.1) is 0 Å². The topological polar surface area (TPSA) is 109 Å². The maximum atomic E-state index is 14.4. The molecule has 0 aromatic carbocycles. The predicted octanol–water partition coefficient (Wildman–Crippen LogP) is 3.70. The van der Waals surface area contributed by atoms with E-state index in [-0.39, 0.29) is 23.6 Å². The van der Waals surface area contributed by atoms with Gasteiger partial charge in [0.2, 0.25) is 0 Å². The van der Waals surface area contributed by atoms with Crippen LogP contribution in [-0.4, -0.2) is 61.9 Å². The van der Waals surface area contributed by atoms with E-state index in [1.807, 2.05) is 6.07 Å². The molecular formula is C23H20F5N7O2. The number of hydrogen-bond donors (Lipinski definition) is 1. The van der Waals surface area contributed by atoms with Gasteiger partial charge < -0.3 is 15.0 Å². The normalized spacial score (nSPS) is 19.4. The number of rotatable bonds is 5. The Morgan fingerprint density at radius 1 is 1.24 bits per heavy atom. The molecule has 0 saturated carbocycles. The van der Waals surface area contributed by atoms with Gasteiger partial charge in [-0.05, 0) is 31.2 Å². The molecule has 14 heteroatoms. The molecule has 37 heavy (non-hydrogen) atoms. The van der Waals surface area contributed by atoms with Crippen molar-refractivity contribution < 1.29 is 31.5 Å². The van der Waals surface area contributed by atoms with Gasteiger partial charge in [0.1, 0.15) is 18.4 Å². The van der Waals surface area contributed by atoms with Gasteiger partial charge in [0, 0.05) is 32.2 Å². The lowest BCUT2D eigenvalue weighted by Crippen LogP contribution is -2.61.